The van der Waals surface area contributed by atoms with Crippen LogP contribution in [0.25, 0.3) is 0 Å². The third-order valence-electron chi connectivity index (χ3n) is 9.08. The van der Waals surface area contributed by atoms with Crippen molar-refractivity contribution in [2.75, 3.05) is 0 Å². The van der Waals surface area contributed by atoms with E-state index in [9.17, 15) is 14.4 Å². The number of phosphoric acid groups is 1. The zero-order valence-electron chi connectivity index (χ0n) is 29.0. The van der Waals surface area contributed by atoms with Gasteiger partial charge in [-0.2, -0.15) is 0 Å². The topological polar surface area (TPSA) is 66.8 Å². The Bertz CT molecular complexity index is 847. The summed E-state index contributed by atoms with van der Waals surface area (Å²) in [5.41, 5.74) is 5.27. The second kappa shape index (κ2) is 26.4. The molecule has 0 bridgehead atoms. The Morgan fingerprint density at radius 3 is 1.19 bits per heavy atom. The molecular weight excluding hydrogens is 551 g/mol. The summed E-state index contributed by atoms with van der Waals surface area (Å²) in [6, 6.07) is 2.05. The van der Waals surface area contributed by atoms with Crippen molar-refractivity contribution in [2.45, 2.75) is 207 Å². The summed E-state index contributed by atoms with van der Waals surface area (Å²) in [4.78, 5) is 19.9. The fourth-order valence-electron chi connectivity index (χ4n) is 6.52. The molecule has 0 radical (unpaired) electrons. The summed E-state index contributed by atoms with van der Waals surface area (Å²) in [5, 5.41) is 0. The minimum absolute atomic E-state index is 0.468. The van der Waals surface area contributed by atoms with Gasteiger partial charge in [0.25, 0.3) is 0 Å². The summed E-state index contributed by atoms with van der Waals surface area (Å²) in [6.07, 6.45) is 33.9. The first-order valence-electron chi connectivity index (χ1n) is 18.8. The Balaban J connectivity index is 3.34. The fourth-order valence-corrected chi connectivity index (χ4v) is 6.94. The normalized spacial score (nSPS) is 11.9. The maximum Gasteiger partial charge on any atom is 0.524 e. The van der Waals surface area contributed by atoms with Gasteiger partial charge in [-0.15, -0.1) is 0 Å². The van der Waals surface area contributed by atoms with Gasteiger partial charge in [-0.1, -0.05) is 156 Å². The Kier molecular flexibility index (Phi) is 24.7. The van der Waals surface area contributed by atoms with E-state index >= 15 is 0 Å². The van der Waals surface area contributed by atoms with E-state index < -0.39 is 7.82 Å². The van der Waals surface area contributed by atoms with E-state index in [-0.39, 0.29) is 0 Å². The third-order valence-corrected chi connectivity index (χ3v) is 9.51. The Morgan fingerprint density at radius 1 is 0.465 bits per heavy atom. The van der Waals surface area contributed by atoms with Crippen LogP contribution in [0.1, 0.15) is 204 Å². The van der Waals surface area contributed by atoms with Crippen molar-refractivity contribution in [3.05, 3.63) is 28.3 Å². The highest BCUT2D eigenvalue weighted by Gasteiger charge is 2.24. The van der Waals surface area contributed by atoms with Crippen LogP contribution in [-0.4, -0.2) is 9.79 Å². The maximum atomic E-state index is 12.2. The molecule has 0 fully saturated rings. The van der Waals surface area contributed by atoms with E-state index in [4.69, 9.17) is 4.52 Å². The quantitative estimate of drug-likeness (QED) is 0.0661. The molecule has 43 heavy (non-hydrogen) atoms. The van der Waals surface area contributed by atoms with Gasteiger partial charge in [-0.25, -0.2) is 4.57 Å². The highest BCUT2D eigenvalue weighted by atomic mass is 31.2. The van der Waals surface area contributed by atoms with Crippen LogP contribution >= 0.6 is 7.82 Å². The van der Waals surface area contributed by atoms with Crippen LogP contribution in [0.15, 0.2) is 6.07 Å². The van der Waals surface area contributed by atoms with Crippen LogP contribution < -0.4 is 4.52 Å². The van der Waals surface area contributed by atoms with Crippen LogP contribution in [0.5, 0.6) is 5.75 Å². The predicted molar refractivity (Wildman–Crippen MR) is 187 cm³/mol. The summed E-state index contributed by atoms with van der Waals surface area (Å²) in [7, 11) is -4.65. The van der Waals surface area contributed by atoms with Gasteiger partial charge in [-0.3, -0.25) is 9.79 Å². The molecule has 0 atom stereocenters. The Hall–Kier alpha value is -0.830. The van der Waals surface area contributed by atoms with Crippen LogP contribution in [0.2, 0.25) is 0 Å². The first-order valence-corrected chi connectivity index (χ1v) is 20.3. The molecule has 2 N–H and O–H groups in total. The molecule has 0 saturated heterocycles. The average molecular weight is 623 g/mol. The summed E-state index contributed by atoms with van der Waals surface area (Å²) < 4.78 is 17.7. The number of unbranched alkanes of at least 4 members (excludes halogenated alkanes) is 20. The lowest BCUT2D eigenvalue weighted by Crippen LogP contribution is -2.09. The largest absolute Gasteiger partial charge is 0.524 e. The molecule has 5 heteroatoms. The van der Waals surface area contributed by atoms with Crippen LogP contribution in [0.4, 0.5) is 0 Å². The van der Waals surface area contributed by atoms with Gasteiger partial charge in [0.05, 0.1) is 0 Å². The molecule has 0 aliphatic heterocycles. The molecule has 0 aromatic heterocycles. The zero-order chi connectivity index (χ0) is 31.6. The number of aryl methyl sites for hydroxylation is 1. The van der Waals surface area contributed by atoms with E-state index in [1.807, 2.05) is 0 Å². The van der Waals surface area contributed by atoms with Gasteiger partial charge in [0.2, 0.25) is 0 Å². The van der Waals surface area contributed by atoms with E-state index in [0.29, 0.717) is 5.75 Å². The summed E-state index contributed by atoms with van der Waals surface area (Å²) in [5.74, 6) is 0.468. The Labute approximate surface area is 267 Å². The van der Waals surface area contributed by atoms with Gasteiger partial charge >= 0.3 is 7.82 Å². The van der Waals surface area contributed by atoms with Crippen molar-refractivity contribution in [3.8, 4) is 5.75 Å². The number of hydrogen-bond donors (Lipinski definition) is 2. The molecule has 252 valence electrons. The first-order chi connectivity index (χ1) is 20.9. The Morgan fingerprint density at radius 2 is 0.791 bits per heavy atom. The number of rotatable bonds is 30. The molecule has 1 rings (SSSR count). The maximum absolute atomic E-state index is 12.2. The number of benzene rings is 1. The lowest BCUT2D eigenvalue weighted by Gasteiger charge is -2.23. The highest BCUT2D eigenvalue weighted by Crippen LogP contribution is 2.43. The van der Waals surface area contributed by atoms with Crippen molar-refractivity contribution in [1.29, 1.82) is 0 Å². The van der Waals surface area contributed by atoms with E-state index in [1.165, 1.54) is 145 Å². The van der Waals surface area contributed by atoms with Crippen molar-refractivity contribution >= 4 is 7.82 Å². The van der Waals surface area contributed by atoms with Crippen molar-refractivity contribution < 1.29 is 18.9 Å². The van der Waals surface area contributed by atoms with Gasteiger partial charge in [0.15, 0.2) is 0 Å². The van der Waals surface area contributed by atoms with Gasteiger partial charge in [0.1, 0.15) is 5.75 Å². The minimum Gasteiger partial charge on any atom is -0.404 e. The van der Waals surface area contributed by atoms with Crippen LogP contribution in [0.3, 0.4) is 0 Å². The zero-order valence-corrected chi connectivity index (χ0v) is 29.9. The lowest BCUT2D eigenvalue weighted by molar-refractivity contribution is 0.282. The monoisotopic (exact) mass is 623 g/mol. The molecule has 0 spiro atoms. The molecule has 0 heterocycles. The van der Waals surface area contributed by atoms with E-state index in [2.05, 4.69) is 33.8 Å². The molecule has 0 amide bonds. The van der Waals surface area contributed by atoms with Crippen molar-refractivity contribution in [3.63, 3.8) is 0 Å². The number of phosphoric ester groups is 1. The molecule has 0 saturated carbocycles. The average Bonchev–Trinajstić information content (AvgIpc) is 2.97. The van der Waals surface area contributed by atoms with Crippen LogP contribution in [0, 0.1) is 0 Å². The molecule has 1 aromatic rings. The van der Waals surface area contributed by atoms with Gasteiger partial charge in [-0.05, 0) is 79.7 Å². The fraction of sp³-hybridized carbons (Fsp3) is 0.842. The second-order valence-corrected chi connectivity index (χ2v) is 14.3. The molecule has 1 aromatic carbocycles. The second-order valence-electron chi connectivity index (χ2n) is 13.1. The standard InChI is InChI=1S/C38H71O4P/c1-5-9-13-17-21-25-29-34-33-38(42-43(39,40)41)37(32-28-24-20-16-12-8-4)36(31-27-23-19-15-11-7-3)35(34)30-26-22-18-14-10-6-2/h33H,5-32H2,1-4H3,(H2,39,40,41). The molecule has 4 nitrogen and oxygen atoms in total. The highest BCUT2D eigenvalue weighted by molar-refractivity contribution is 7.46. The molecular formula is C38H71O4P. The lowest BCUT2D eigenvalue weighted by atomic mass is 9.85. The predicted octanol–water partition coefficient (Wildman–Crippen LogP) is 12.8. The van der Waals surface area contributed by atoms with E-state index in [1.54, 1.807) is 0 Å². The molecule has 0 aliphatic carbocycles. The molecule has 0 aliphatic rings. The molecule has 0 unspecified atom stereocenters. The SMILES string of the molecule is CCCCCCCCc1cc(OP(=O)(O)O)c(CCCCCCCC)c(CCCCCCCC)c1CCCCCCCC. The summed E-state index contributed by atoms with van der Waals surface area (Å²) >= 11 is 0. The first kappa shape index (κ1) is 40.2. The van der Waals surface area contributed by atoms with Gasteiger partial charge in [0, 0.05) is 0 Å². The van der Waals surface area contributed by atoms with Crippen molar-refractivity contribution in [2.24, 2.45) is 0 Å². The smallest absolute Gasteiger partial charge is 0.404 e. The van der Waals surface area contributed by atoms with E-state index in [0.717, 1.165) is 56.9 Å². The minimum atomic E-state index is -4.65. The van der Waals surface area contributed by atoms with Crippen molar-refractivity contribution in [1.82, 2.24) is 0 Å². The summed E-state index contributed by atoms with van der Waals surface area (Å²) in [6.45, 7) is 9.05. The third kappa shape index (κ3) is 20.0. The van der Waals surface area contributed by atoms with Gasteiger partial charge < -0.3 is 4.52 Å². The van der Waals surface area contributed by atoms with Crippen LogP contribution in [-0.2, 0) is 30.2 Å². The number of hydrogen-bond acceptors (Lipinski definition) is 2.